The number of urea groups is 1. The molecule has 0 fully saturated rings. The monoisotopic (exact) mass is 553 g/mol. The summed E-state index contributed by atoms with van der Waals surface area (Å²) in [4.78, 5) is 33.1. The van der Waals surface area contributed by atoms with E-state index in [0.29, 0.717) is 17.1 Å². The highest BCUT2D eigenvalue weighted by molar-refractivity contribution is 6.02. The number of hydrogen-bond donors (Lipinski definition) is 3. The van der Waals surface area contributed by atoms with Gasteiger partial charge in [0.05, 0.1) is 22.4 Å². The number of anilines is 2. The fraction of sp³-hybridized carbons (Fsp3) is 0.167. The van der Waals surface area contributed by atoms with Crippen LogP contribution in [0.15, 0.2) is 79.3 Å². The maximum absolute atomic E-state index is 14.9. The number of nitrogens with zero attached hydrogens (tertiary/aromatic N) is 4. The van der Waals surface area contributed by atoms with Crippen molar-refractivity contribution in [3.8, 4) is 22.8 Å². The molecule has 5 rings (SSSR count). The van der Waals surface area contributed by atoms with Crippen molar-refractivity contribution >= 4 is 34.2 Å². The molecule has 0 aliphatic carbocycles. The molecule has 0 saturated carbocycles. The van der Waals surface area contributed by atoms with Gasteiger partial charge in [0.15, 0.2) is 0 Å². The Morgan fingerprint density at radius 3 is 2.44 bits per heavy atom. The highest BCUT2D eigenvalue weighted by atomic mass is 19.1. The molecule has 0 aliphatic heterocycles. The summed E-state index contributed by atoms with van der Waals surface area (Å²) < 4.78 is 22.4. The van der Waals surface area contributed by atoms with E-state index < -0.39 is 11.8 Å². The van der Waals surface area contributed by atoms with Gasteiger partial charge in [0.1, 0.15) is 28.7 Å². The standard InChI is InChI=1S/C30H28FN7O3/c1-30(2,3)38-17-26(27(37-38)19-7-9-23-18(14-19)6-5-12-33-23)36-29(40)35-24-10-8-20(15-22(24)31)41-21-11-13-34-25(16-21)28(39)32-4/h5-17H,1-4H3,(H,32,39)(H2,35,36,40). The largest absolute Gasteiger partial charge is 0.457 e. The van der Waals surface area contributed by atoms with E-state index in [4.69, 9.17) is 9.84 Å². The van der Waals surface area contributed by atoms with Crippen LogP contribution in [0.2, 0.25) is 0 Å². The molecule has 41 heavy (non-hydrogen) atoms. The van der Waals surface area contributed by atoms with Gasteiger partial charge in [-0.25, -0.2) is 9.18 Å². The second-order valence-electron chi connectivity index (χ2n) is 10.2. The topological polar surface area (TPSA) is 123 Å². The predicted octanol–water partition coefficient (Wildman–Crippen LogP) is 6.18. The number of halogens is 1. The van der Waals surface area contributed by atoms with Gasteiger partial charge in [0, 0.05) is 48.7 Å². The number of pyridine rings is 2. The van der Waals surface area contributed by atoms with Crippen LogP contribution >= 0.6 is 0 Å². The van der Waals surface area contributed by atoms with Gasteiger partial charge >= 0.3 is 6.03 Å². The van der Waals surface area contributed by atoms with E-state index in [2.05, 4.69) is 25.9 Å². The number of carbonyl (C=O) groups excluding carboxylic acids is 2. The summed E-state index contributed by atoms with van der Waals surface area (Å²) in [6, 6.07) is 15.9. The van der Waals surface area contributed by atoms with Crippen molar-refractivity contribution in [3.05, 3.63) is 90.8 Å². The van der Waals surface area contributed by atoms with Crippen LogP contribution < -0.4 is 20.7 Å². The normalized spacial score (nSPS) is 11.2. The third-order valence-electron chi connectivity index (χ3n) is 6.14. The SMILES string of the molecule is CNC(=O)c1cc(Oc2ccc(NC(=O)Nc3cn(C(C)(C)C)nc3-c3ccc4ncccc4c3)c(F)c2)ccn1. The quantitative estimate of drug-likeness (QED) is 0.231. The molecule has 0 spiro atoms. The summed E-state index contributed by atoms with van der Waals surface area (Å²) in [5.74, 6) is -0.585. The van der Waals surface area contributed by atoms with Crippen molar-refractivity contribution in [1.82, 2.24) is 25.1 Å². The average molecular weight is 554 g/mol. The minimum Gasteiger partial charge on any atom is -0.457 e. The molecule has 3 amide bonds. The maximum atomic E-state index is 14.9. The van der Waals surface area contributed by atoms with Crippen molar-refractivity contribution in [2.75, 3.05) is 17.7 Å². The Kier molecular flexibility index (Phi) is 7.34. The van der Waals surface area contributed by atoms with Gasteiger partial charge in [0.25, 0.3) is 5.91 Å². The summed E-state index contributed by atoms with van der Waals surface area (Å²) in [5, 5.41) is 13.5. The molecule has 10 nitrogen and oxygen atoms in total. The lowest BCUT2D eigenvalue weighted by Crippen LogP contribution is -2.22. The molecule has 3 heterocycles. The number of ether oxygens (including phenoxy) is 1. The molecule has 0 aliphatic rings. The minimum absolute atomic E-state index is 0.0443. The van der Waals surface area contributed by atoms with E-state index in [1.54, 1.807) is 23.1 Å². The van der Waals surface area contributed by atoms with Crippen LogP contribution in [0.25, 0.3) is 22.2 Å². The molecule has 0 atom stereocenters. The molecule has 3 N–H and O–H groups in total. The average Bonchev–Trinajstić information content (AvgIpc) is 3.38. The summed E-state index contributed by atoms with van der Waals surface area (Å²) in [6.45, 7) is 6.01. The lowest BCUT2D eigenvalue weighted by molar-refractivity contribution is 0.0957. The number of carbonyl (C=O) groups is 2. The number of amides is 3. The Bertz CT molecular complexity index is 1760. The second-order valence-corrected chi connectivity index (χ2v) is 10.2. The Balaban J connectivity index is 1.34. The molecule has 11 heteroatoms. The molecule has 3 aromatic heterocycles. The van der Waals surface area contributed by atoms with E-state index in [-0.39, 0.29) is 28.6 Å². The zero-order valence-corrected chi connectivity index (χ0v) is 22.9. The lowest BCUT2D eigenvalue weighted by Gasteiger charge is -2.18. The van der Waals surface area contributed by atoms with Crippen LogP contribution in [0.5, 0.6) is 11.5 Å². The van der Waals surface area contributed by atoms with Gasteiger partial charge in [-0.1, -0.05) is 12.1 Å². The van der Waals surface area contributed by atoms with E-state index in [1.807, 2.05) is 51.1 Å². The predicted molar refractivity (Wildman–Crippen MR) is 155 cm³/mol. The summed E-state index contributed by atoms with van der Waals surface area (Å²) in [5.41, 5.74) is 2.45. The van der Waals surface area contributed by atoms with Gasteiger partial charge in [-0.3, -0.25) is 19.4 Å². The summed E-state index contributed by atoms with van der Waals surface area (Å²) >= 11 is 0. The van der Waals surface area contributed by atoms with E-state index in [0.717, 1.165) is 22.5 Å². The fourth-order valence-electron chi connectivity index (χ4n) is 4.04. The first-order chi connectivity index (χ1) is 19.6. The highest BCUT2D eigenvalue weighted by Gasteiger charge is 2.21. The molecule has 0 radical (unpaired) electrons. The van der Waals surface area contributed by atoms with Gasteiger partial charge in [0.2, 0.25) is 0 Å². The van der Waals surface area contributed by atoms with Crippen LogP contribution in [0.4, 0.5) is 20.6 Å². The van der Waals surface area contributed by atoms with Crippen LogP contribution in [0.1, 0.15) is 31.3 Å². The van der Waals surface area contributed by atoms with Crippen LogP contribution in [-0.4, -0.2) is 38.7 Å². The first-order valence-corrected chi connectivity index (χ1v) is 12.8. The Hall–Kier alpha value is -5.32. The van der Waals surface area contributed by atoms with Gasteiger partial charge < -0.3 is 20.7 Å². The van der Waals surface area contributed by atoms with E-state index in [1.165, 1.54) is 31.4 Å². The van der Waals surface area contributed by atoms with E-state index >= 15 is 0 Å². The van der Waals surface area contributed by atoms with Crippen LogP contribution in [0.3, 0.4) is 0 Å². The molecule has 0 saturated heterocycles. The zero-order chi connectivity index (χ0) is 29.1. The molecular weight excluding hydrogens is 525 g/mol. The Morgan fingerprint density at radius 1 is 0.902 bits per heavy atom. The Labute approximate surface area is 235 Å². The van der Waals surface area contributed by atoms with Crippen molar-refractivity contribution in [2.45, 2.75) is 26.3 Å². The van der Waals surface area contributed by atoms with Crippen LogP contribution in [-0.2, 0) is 5.54 Å². The highest BCUT2D eigenvalue weighted by Crippen LogP contribution is 2.32. The van der Waals surface area contributed by atoms with Crippen molar-refractivity contribution in [3.63, 3.8) is 0 Å². The molecule has 2 aromatic carbocycles. The summed E-state index contributed by atoms with van der Waals surface area (Å²) in [7, 11) is 1.49. The third kappa shape index (κ3) is 6.14. The minimum atomic E-state index is -0.703. The smallest absolute Gasteiger partial charge is 0.323 e. The number of nitrogens with one attached hydrogen (secondary N) is 3. The molecule has 208 valence electrons. The van der Waals surface area contributed by atoms with E-state index in [9.17, 15) is 14.0 Å². The molecule has 0 bridgehead atoms. The van der Waals surface area contributed by atoms with Crippen molar-refractivity contribution in [1.29, 1.82) is 0 Å². The van der Waals surface area contributed by atoms with Crippen LogP contribution in [0, 0.1) is 5.82 Å². The number of hydrogen-bond acceptors (Lipinski definition) is 6. The number of benzene rings is 2. The molecular formula is C30H28FN7O3. The van der Waals surface area contributed by atoms with Gasteiger partial charge in [-0.05, 0) is 57.2 Å². The maximum Gasteiger partial charge on any atom is 0.323 e. The van der Waals surface area contributed by atoms with Gasteiger partial charge in [-0.2, -0.15) is 5.10 Å². The summed E-state index contributed by atoms with van der Waals surface area (Å²) in [6.07, 6.45) is 4.90. The van der Waals surface area contributed by atoms with Crippen molar-refractivity contribution < 1.29 is 18.7 Å². The first kappa shape index (κ1) is 27.3. The van der Waals surface area contributed by atoms with Crippen molar-refractivity contribution in [2.24, 2.45) is 0 Å². The molecule has 5 aromatic rings. The number of rotatable bonds is 6. The van der Waals surface area contributed by atoms with Gasteiger partial charge in [-0.15, -0.1) is 0 Å². The third-order valence-corrected chi connectivity index (χ3v) is 6.14. The fourth-order valence-corrected chi connectivity index (χ4v) is 4.04. The Morgan fingerprint density at radius 2 is 1.68 bits per heavy atom. The lowest BCUT2D eigenvalue weighted by atomic mass is 10.1. The number of aromatic nitrogens is 4. The second kappa shape index (κ2) is 11.0. The zero-order valence-electron chi connectivity index (χ0n) is 22.9. The first-order valence-electron chi connectivity index (χ1n) is 12.8. The number of fused-ring (bicyclic) bond motifs is 1. The molecule has 0 unspecified atom stereocenters.